The number of hydrogen-bond donors (Lipinski definition) is 2. The first-order valence-corrected chi connectivity index (χ1v) is 6.64. The lowest BCUT2D eigenvalue weighted by molar-refractivity contribution is 0.144. The van der Waals surface area contributed by atoms with Crippen LogP contribution in [0.15, 0.2) is 17.5 Å². The van der Waals surface area contributed by atoms with E-state index in [1.54, 1.807) is 11.3 Å². The summed E-state index contributed by atoms with van der Waals surface area (Å²) < 4.78 is 0. The fourth-order valence-corrected chi connectivity index (χ4v) is 2.73. The van der Waals surface area contributed by atoms with Crippen molar-refractivity contribution in [2.24, 2.45) is 5.92 Å². The highest BCUT2D eigenvalue weighted by molar-refractivity contribution is 7.10. The molecule has 0 aliphatic heterocycles. The summed E-state index contributed by atoms with van der Waals surface area (Å²) in [6, 6.07) is 4.66. The maximum atomic E-state index is 9.77. The van der Waals surface area contributed by atoms with Crippen molar-refractivity contribution in [3.05, 3.63) is 22.4 Å². The number of aliphatic hydroxyl groups excluding tert-OH is 1. The Kier molecular flexibility index (Phi) is 3.78. The molecule has 0 aromatic carbocycles. The van der Waals surface area contributed by atoms with Crippen LogP contribution in [0.4, 0.5) is 0 Å². The standard InChI is InChI=1S/C12H19NOS/c1-2-10(12-4-3-7-15-12)13-8-11(14)9-5-6-9/h3-4,7,9-11,13-14H,2,5-6,8H2,1H3. The second-order valence-corrected chi connectivity index (χ2v) is 5.27. The van der Waals surface area contributed by atoms with Crippen molar-refractivity contribution < 1.29 is 5.11 Å². The molecule has 1 fully saturated rings. The Labute approximate surface area is 95.3 Å². The molecule has 15 heavy (non-hydrogen) atoms. The molecule has 3 heteroatoms. The molecule has 0 saturated heterocycles. The number of nitrogens with one attached hydrogen (secondary N) is 1. The highest BCUT2D eigenvalue weighted by atomic mass is 32.1. The summed E-state index contributed by atoms with van der Waals surface area (Å²) in [4.78, 5) is 1.38. The number of aliphatic hydroxyl groups is 1. The number of hydrogen-bond acceptors (Lipinski definition) is 3. The third-order valence-corrected chi connectivity index (χ3v) is 4.02. The zero-order valence-electron chi connectivity index (χ0n) is 9.15. The van der Waals surface area contributed by atoms with E-state index in [1.165, 1.54) is 17.7 Å². The second-order valence-electron chi connectivity index (χ2n) is 4.29. The fraction of sp³-hybridized carbons (Fsp3) is 0.667. The highest BCUT2D eigenvalue weighted by Crippen LogP contribution is 2.32. The lowest BCUT2D eigenvalue weighted by Crippen LogP contribution is -2.30. The zero-order chi connectivity index (χ0) is 10.7. The van der Waals surface area contributed by atoms with Gasteiger partial charge in [0, 0.05) is 17.5 Å². The van der Waals surface area contributed by atoms with Crippen molar-refractivity contribution in [2.75, 3.05) is 6.54 Å². The summed E-state index contributed by atoms with van der Waals surface area (Å²) in [5.74, 6) is 0.568. The molecular formula is C12H19NOS. The molecule has 1 saturated carbocycles. The minimum atomic E-state index is -0.140. The molecule has 2 rings (SSSR count). The van der Waals surface area contributed by atoms with E-state index in [9.17, 15) is 5.11 Å². The molecule has 1 heterocycles. The minimum Gasteiger partial charge on any atom is -0.392 e. The van der Waals surface area contributed by atoms with Gasteiger partial charge in [-0.2, -0.15) is 0 Å². The van der Waals surface area contributed by atoms with Crippen LogP contribution in [0.2, 0.25) is 0 Å². The lowest BCUT2D eigenvalue weighted by Gasteiger charge is -2.18. The lowest BCUT2D eigenvalue weighted by atomic mass is 10.1. The molecule has 1 aromatic rings. The molecule has 0 radical (unpaired) electrons. The first-order chi connectivity index (χ1) is 7.31. The number of thiophene rings is 1. The third kappa shape index (κ3) is 3.03. The van der Waals surface area contributed by atoms with E-state index in [0.29, 0.717) is 12.0 Å². The Balaban J connectivity index is 1.80. The van der Waals surface area contributed by atoms with Gasteiger partial charge in [-0.15, -0.1) is 11.3 Å². The summed E-state index contributed by atoms with van der Waals surface area (Å²) in [5, 5.41) is 15.3. The van der Waals surface area contributed by atoms with Crippen molar-refractivity contribution in [1.29, 1.82) is 0 Å². The molecule has 2 atom stereocenters. The first-order valence-electron chi connectivity index (χ1n) is 5.76. The van der Waals surface area contributed by atoms with Crippen LogP contribution in [0.1, 0.15) is 37.1 Å². The van der Waals surface area contributed by atoms with Gasteiger partial charge < -0.3 is 10.4 Å². The zero-order valence-corrected chi connectivity index (χ0v) is 9.96. The molecule has 0 spiro atoms. The van der Waals surface area contributed by atoms with Gasteiger partial charge in [-0.25, -0.2) is 0 Å². The normalized spacial score (nSPS) is 20.1. The number of rotatable bonds is 6. The predicted molar refractivity (Wildman–Crippen MR) is 64.1 cm³/mol. The predicted octanol–water partition coefficient (Wildman–Crippen LogP) is 2.56. The monoisotopic (exact) mass is 225 g/mol. The largest absolute Gasteiger partial charge is 0.392 e. The Morgan fingerprint density at radius 3 is 2.93 bits per heavy atom. The Morgan fingerprint density at radius 2 is 2.40 bits per heavy atom. The van der Waals surface area contributed by atoms with E-state index in [4.69, 9.17) is 0 Å². The van der Waals surface area contributed by atoms with Gasteiger partial charge in [0.25, 0.3) is 0 Å². The van der Waals surface area contributed by atoms with Crippen molar-refractivity contribution >= 4 is 11.3 Å². The summed E-state index contributed by atoms with van der Waals surface area (Å²) in [5.41, 5.74) is 0. The van der Waals surface area contributed by atoms with Gasteiger partial charge in [-0.1, -0.05) is 13.0 Å². The maximum Gasteiger partial charge on any atom is 0.0692 e. The highest BCUT2D eigenvalue weighted by Gasteiger charge is 2.29. The van der Waals surface area contributed by atoms with Gasteiger partial charge in [-0.3, -0.25) is 0 Å². The molecule has 0 amide bonds. The van der Waals surface area contributed by atoms with Crippen LogP contribution in [-0.2, 0) is 0 Å². The van der Waals surface area contributed by atoms with E-state index < -0.39 is 0 Å². The maximum absolute atomic E-state index is 9.77. The van der Waals surface area contributed by atoms with E-state index in [0.717, 1.165) is 13.0 Å². The van der Waals surface area contributed by atoms with Crippen LogP contribution >= 0.6 is 11.3 Å². The van der Waals surface area contributed by atoms with Crippen LogP contribution in [0.5, 0.6) is 0 Å². The van der Waals surface area contributed by atoms with E-state index in [1.807, 2.05) is 0 Å². The topological polar surface area (TPSA) is 32.3 Å². The molecular weight excluding hydrogens is 206 g/mol. The van der Waals surface area contributed by atoms with E-state index >= 15 is 0 Å². The van der Waals surface area contributed by atoms with Gasteiger partial charge in [0.1, 0.15) is 0 Å². The van der Waals surface area contributed by atoms with Crippen molar-refractivity contribution in [3.63, 3.8) is 0 Å². The van der Waals surface area contributed by atoms with Gasteiger partial charge in [-0.05, 0) is 36.6 Å². The molecule has 2 unspecified atom stereocenters. The quantitative estimate of drug-likeness (QED) is 0.780. The van der Waals surface area contributed by atoms with E-state index in [2.05, 4.69) is 29.8 Å². The SMILES string of the molecule is CCC(NCC(O)C1CC1)c1cccs1. The molecule has 2 nitrogen and oxygen atoms in total. The van der Waals surface area contributed by atoms with Crippen LogP contribution < -0.4 is 5.32 Å². The molecule has 1 aromatic heterocycles. The minimum absolute atomic E-state index is 0.140. The summed E-state index contributed by atoms with van der Waals surface area (Å²) in [6.45, 7) is 2.92. The van der Waals surface area contributed by atoms with Gasteiger partial charge in [0.05, 0.1) is 6.10 Å². The van der Waals surface area contributed by atoms with Crippen LogP contribution in [-0.4, -0.2) is 17.8 Å². The Hall–Kier alpha value is -0.380. The summed E-state index contributed by atoms with van der Waals surface area (Å²) >= 11 is 1.79. The van der Waals surface area contributed by atoms with Crippen molar-refractivity contribution in [1.82, 2.24) is 5.32 Å². The van der Waals surface area contributed by atoms with Gasteiger partial charge in [0.15, 0.2) is 0 Å². The fourth-order valence-electron chi connectivity index (χ4n) is 1.85. The van der Waals surface area contributed by atoms with Crippen LogP contribution in [0, 0.1) is 5.92 Å². The third-order valence-electron chi connectivity index (χ3n) is 3.03. The van der Waals surface area contributed by atoms with Crippen LogP contribution in [0.25, 0.3) is 0 Å². The Morgan fingerprint density at radius 1 is 1.60 bits per heavy atom. The van der Waals surface area contributed by atoms with Crippen LogP contribution in [0.3, 0.4) is 0 Å². The molecule has 2 N–H and O–H groups in total. The van der Waals surface area contributed by atoms with E-state index in [-0.39, 0.29) is 6.10 Å². The van der Waals surface area contributed by atoms with Crippen molar-refractivity contribution in [2.45, 2.75) is 38.3 Å². The summed E-state index contributed by atoms with van der Waals surface area (Å²) in [6.07, 6.45) is 3.36. The van der Waals surface area contributed by atoms with Gasteiger partial charge in [0.2, 0.25) is 0 Å². The van der Waals surface area contributed by atoms with Crippen molar-refractivity contribution in [3.8, 4) is 0 Å². The Bertz CT molecular complexity index is 282. The second kappa shape index (κ2) is 5.10. The van der Waals surface area contributed by atoms with Gasteiger partial charge >= 0.3 is 0 Å². The average molecular weight is 225 g/mol. The molecule has 1 aliphatic carbocycles. The molecule has 0 bridgehead atoms. The summed E-state index contributed by atoms with van der Waals surface area (Å²) in [7, 11) is 0. The molecule has 84 valence electrons. The smallest absolute Gasteiger partial charge is 0.0692 e. The molecule has 1 aliphatic rings. The average Bonchev–Trinajstić information content (AvgIpc) is 2.97. The first kappa shape index (κ1) is 11.1.